The van der Waals surface area contributed by atoms with Gasteiger partial charge in [-0.15, -0.1) is 0 Å². The Hall–Kier alpha value is -19.3. The largest absolute Gasteiger partial charge is 0.386 e. The van der Waals surface area contributed by atoms with Crippen LogP contribution in [0.5, 0.6) is 0 Å². The molecule has 5 amide bonds. The number of aliphatic hydroxyl groups is 1. The van der Waals surface area contributed by atoms with Crippen molar-refractivity contribution >= 4 is 58.0 Å². The van der Waals surface area contributed by atoms with Crippen molar-refractivity contribution in [3.63, 3.8) is 0 Å². The van der Waals surface area contributed by atoms with Crippen LogP contribution in [0.4, 0.5) is 28.4 Å². The first-order valence-corrected chi connectivity index (χ1v) is 45.2. The molecule has 0 aromatic carbocycles. The van der Waals surface area contributed by atoms with E-state index in [1.807, 2.05) is 202 Å². The highest BCUT2D eigenvalue weighted by atomic mass is 16.3. The van der Waals surface area contributed by atoms with Crippen LogP contribution in [0.1, 0.15) is 107 Å². The fraction of sp³-hybridized carbons (Fsp3) is 0.121. The van der Waals surface area contributed by atoms with Gasteiger partial charge in [0, 0.05) is 192 Å². The number of aromatic nitrogens is 25. The number of pyridine rings is 14. The van der Waals surface area contributed by atoms with Crippen molar-refractivity contribution in [2.24, 2.45) is 35.2 Å². The Kier molecular flexibility index (Phi) is 29.3. The Bertz CT molecular complexity index is 7710. The molecule has 36 heteroatoms. The average molecular weight is 1900 g/mol. The highest BCUT2D eigenvalue weighted by Gasteiger charge is 2.27. The van der Waals surface area contributed by atoms with E-state index in [4.69, 9.17) is 0 Å². The molecule has 143 heavy (non-hydrogen) atoms. The molecule has 1 fully saturated rings. The van der Waals surface area contributed by atoms with E-state index >= 15 is 0 Å². The predicted octanol–water partition coefficient (Wildman–Crippen LogP) is 17.6. The van der Waals surface area contributed by atoms with Gasteiger partial charge < -0.3 is 36.7 Å². The van der Waals surface area contributed by atoms with Crippen LogP contribution in [-0.2, 0) is 40.8 Å². The third-order valence-corrected chi connectivity index (χ3v) is 21.9. The zero-order chi connectivity index (χ0) is 99.5. The van der Waals surface area contributed by atoms with Crippen LogP contribution in [-0.4, -0.2) is 158 Å². The standard InChI is InChI=1S/C23H22N6O2.C23H20N6O.2C21H18N6O.C19H16N6O/c1-23(2,31)16-11-15(12-24-13-16)17-8-6-9-19(26-17)22(30)27-20-14-29(3)28-21(20)18-7-4-5-10-25-18;1-29-14-21(22(28-29)19-5-2-3-10-25-19)27-23(30)20-7-4-6-18(26-20)17-11-16(12-24-13-17)15-8-9-15;1-14-12-15(9-11-22-14)16-7-5-8-18(24-16)21(28)25-19-13-27(2)26-20(19)17-6-3-4-10-23-17;1-14-10-15(12-22-11-14)16-7-5-8-18(24-16)21(28)25-19-13-27(2)26-20(19)17-6-3-4-9-23-17;1-25-12-17(18(24-25)15-5-2-3-9-21-15)23-19(26)16-7-4-6-14(22-16)13-8-10-20-11-13/h4-14,31H,1-3H3,(H,27,30);2-7,10-15H,8-9H2,1H3,(H,27,30);2*3-13H,1-2H3,(H,25,28);2-12,20H,1H3,(H,23,26). The maximum atomic E-state index is 12.9. The van der Waals surface area contributed by atoms with E-state index < -0.39 is 5.60 Å². The van der Waals surface area contributed by atoms with Gasteiger partial charge in [-0.2, -0.15) is 25.5 Å². The lowest BCUT2D eigenvalue weighted by Gasteiger charge is -2.17. The Morgan fingerprint density at radius 2 is 0.629 bits per heavy atom. The molecule has 708 valence electrons. The van der Waals surface area contributed by atoms with Gasteiger partial charge in [0.25, 0.3) is 29.5 Å². The van der Waals surface area contributed by atoms with E-state index in [2.05, 4.69) is 133 Å². The molecule has 0 spiro atoms. The molecular weight excluding hydrogens is 1800 g/mol. The highest BCUT2D eigenvalue weighted by Crippen LogP contribution is 2.41. The van der Waals surface area contributed by atoms with Crippen LogP contribution < -0.4 is 26.6 Å². The van der Waals surface area contributed by atoms with Crippen LogP contribution in [0.25, 0.3) is 113 Å². The molecule has 1 aliphatic carbocycles. The van der Waals surface area contributed by atoms with Crippen LogP contribution >= 0.6 is 0 Å². The number of hydrogen-bond acceptors (Lipinski definition) is 25. The first-order chi connectivity index (χ1) is 69.4. The van der Waals surface area contributed by atoms with Crippen LogP contribution in [0.15, 0.2) is 336 Å². The summed E-state index contributed by atoms with van der Waals surface area (Å²) in [5.41, 5.74) is 21.5. The number of rotatable bonds is 22. The first-order valence-electron chi connectivity index (χ1n) is 45.2. The van der Waals surface area contributed by atoms with Gasteiger partial charge >= 0.3 is 0 Å². The molecule has 36 nitrogen and oxygen atoms in total. The predicted molar refractivity (Wildman–Crippen MR) is 543 cm³/mol. The molecule has 7 N–H and O–H groups in total. The number of H-pyrrole nitrogens is 1. The van der Waals surface area contributed by atoms with E-state index in [-0.39, 0.29) is 35.2 Å². The first kappa shape index (κ1) is 95.5. The van der Waals surface area contributed by atoms with Crippen molar-refractivity contribution in [1.82, 2.24) is 124 Å². The summed E-state index contributed by atoms with van der Waals surface area (Å²) in [4.78, 5) is 128. The van der Waals surface area contributed by atoms with Crippen molar-refractivity contribution in [3.05, 3.63) is 387 Å². The van der Waals surface area contributed by atoms with Crippen molar-refractivity contribution in [2.75, 3.05) is 26.6 Å². The van der Waals surface area contributed by atoms with Gasteiger partial charge in [0.05, 0.1) is 91.0 Å². The fourth-order valence-electron chi connectivity index (χ4n) is 14.9. The molecule has 0 saturated heterocycles. The summed E-state index contributed by atoms with van der Waals surface area (Å²) in [6.45, 7) is 7.27. The molecule has 1 aliphatic rings. The van der Waals surface area contributed by atoms with Crippen molar-refractivity contribution in [2.45, 2.75) is 52.1 Å². The Morgan fingerprint density at radius 3 is 0.930 bits per heavy atom. The zero-order valence-corrected chi connectivity index (χ0v) is 79.0. The van der Waals surface area contributed by atoms with Gasteiger partial charge in [-0.05, 0) is 215 Å². The fourth-order valence-corrected chi connectivity index (χ4v) is 14.9. The summed E-state index contributed by atoms with van der Waals surface area (Å²) in [7, 11) is 8.98. The maximum absolute atomic E-state index is 12.9. The van der Waals surface area contributed by atoms with Gasteiger partial charge in [0.15, 0.2) is 0 Å². The summed E-state index contributed by atoms with van der Waals surface area (Å²) in [5.74, 6) is -0.968. The number of amides is 5. The number of anilines is 5. The van der Waals surface area contributed by atoms with Gasteiger partial charge in [-0.25, -0.2) is 24.9 Å². The smallest absolute Gasteiger partial charge is 0.274 e. The Morgan fingerprint density at radius 1 is 0.322 bits per heavy atom. The summed E-state index contributed by atoms with van der Waals surface area (Å²) in [6.07, 6.45) is 35.5. The van der Waals surface area contributed by atoms with E-state index in [1.165, 1.54) is 18.4 Å². The van der Waals surface area contributed by atoms with Gasteiger partial charge in [-0.1, -0.05) is 60.7 Å². The second-order valence-electron chi connectivity index (χ2n) is 33.6. The molecule has 21 rings (SSSR count). The summed E-state index contributed by atoms with van der Waals surface area (Å²) in [6, 6.07) is 66.1. The number of nitrogens with zero attached hydrogens (tertiary/aromatic N) is 24. The molecule has 0 radical (unpaired) electrons. The van der Waals surface area contributed by atoms with Crippen LogP contribution in [0, 0.1) is 13.8 Å². The molecule has 0 atom stereocenters. The lowest BCUT2D eigenvalue weighted by Crippen LogP contribution is -2.16. The minimum Gasteiger partial charge on any atom is -0.386 e. The molecule has 0 unspecified atom stereocenters. The molecule has 0 aliphatic heterocycles. The molecule has 1 saturated carbocycles. The van der Waals surface area contributed by atoms with Crippen molar-refractivity contribution in [3.8, 4) is 113 Å². The summed E-state index contributed by atoms with van der Waals surface area (Å²) >= 11 is 0. The lowest BCUT2D eigenvalue weighted by molar-refractivity contribution is 0.0782. The van der Waals surface area contributed by atoms with E-state index in [0.717, 1.165) is 44.9 Å². The molecular formula is C107H94N30O6. The number of hydrogen-bond donors (Lipinski definition) is 7. The number of nitrogens with one attached hydrogen (secondary N) is 6. The van der Waals surface area contributed by atoms with E-state index in [9.17, 15) is 29.1 Å². The van der Waals surface area contributed by atoms with Gasteiger partial charge in [0.2, 0.25) is 0 Å². The summed E-state index contributed by atoms with van der Waals surface area (Å²) in [5, 5.41) is 46.8. The molecule has 20 aromatic heterocycles. The topological polar surface area (TPSA) is 451 Å². The minimum absolute atomic E-state index is 0.252. The van der Waals surface area contributed by atoms with Crippen LogP contribution in [0.3, 0.4) is 0 Å². The second-order valence-corrected chi connectivity index (χ2v) is 33.6. The van der Waals surface area contributed by atoms with Crippen molar-refractivity contribution < 1.29 is 29.1 Å². The highest BCUT2D eigenvalue weighted by molar-refractivity contribution is 6.08. The third kappa shape index (κ3) is 24.4. The quantitative estimate of drug-likeness (QED) is 0.0331. The zero-order valence-electron chi connectivity index (χ0n) is 79.0. The number of carbonyl (C=O) groups excluding carboxylic acids is 5. The van der Waals surface area contributed by atoms with Crippen LogP contribution in [0.2, 0.25) is 0 Å². The molecule has 20 heterocycles. The van der Waals surface area contributed by atoms with E-state index in [1.54, 1.807) is 214 Å². The van der Waals surface area contributed by atoms with Gasteiger partial charge in [0.1, 0.15) is 56.9 Å². The molecule has 20 aromatic rings. The number of carbonyl (C=O) groups is 5. The monoisotopic (exact) mass is 1890 g/mol. The van der Waals surface area contributed by atoms with Gasteiger partial charge in [-0.3, -0.25) is 92.2 Å². The SMILES string of the molecule is Cc1cc(-c2cccc(C(=O)Nc3cn(C)nc3-c3ccccn3)n2)ccn1.Cc1cncc(-c2cccc(C(=O)Nc3cn(C)nc3-c3ccccn3)n2)c1.Cn1cc(NC(=O)c2cccc(-c3cc[nH]c3)n2)c(-c2ccccn2)n1.Cn1cc(NC(=O)c2cccc(-c3cncc(C(C)(C)O)c3)n2)c(-c2ccccn2)n1.Cn1cc(NC(=O)c2cccc(-c3cncc(C4CC4)c3)n2)c(-c2ccccn2)n1. The average Bonchev–Trinajstić information content (AvgIpc) is 1.69. The number of aryl methyl sites for hydroxylation is 7. The lowest BCUT2D eigenvalue weighted by atomic mass is 9.98. The minimum atomic E-state index is -1.03. The Balaban J connectivity index is 0.000000123. The maximum Gasteiger partial charge on any atom is 0.274 e. The number of aromatic amines is 1. The van der Waals surface area contributed by atoms with Crippen molar-refractivity contribution in [1.29, 1.82) is 0 Å². The second kappa shape index (κ2) is 43.8. The Labute approximate surface area is 820 Å². The normalized spacial score (nSPS) is 11.3. The summed E-state index contributed by atoms with van der Waals surface area (Å²) < 4.78 is 8.20. The van der Waals surface area contributed by atoms with E-state index in [0.29, 0.717) is 142 Å². The third-order valence-electron chi connectivity index (χ3n) is 21.9. The molecule has 0 bridgehead atoms.